The molecule has 0 radical (unpaired) electrons. The van der Waals surface area contributed by atoms with Gasteiger partial charge >= 0.3 is 0 Å². The number of aryl methyl sites for hydroxylation is 1. The molecule has 0 saturated carbocycles. The largest absolute Gasteiger partial charge is 0.339 e. The fourth-order valence-corrected chi connectivity index (χ4v) is 2.59. The van der Waals surface area contributed by atoms with E-state index in [-0.39, 0.29) is 5.82 Å². The molecule has 20 heavy (non-hydrogen) atoms. The van der Waals surface area contributed by atoms with Crippen molar-refractivity contribution in [1.82, 2.24) is 9.97 Å². The Kier molecular flexibility index (Phi) is 3.21. The van der Waals surface area contributed by atoms with Crippen LogP contribution in [-0.4, -0.2) is 9.97 Å². The highest BCUT2D eigenvalue weighted by Crippen LogP contribution is 2.28. The van der Waals surface area contributed by atoms with E-state index < -0.39 is 0 Å². The van der Waals surface area contributed by atoms with Gasteiger partial charge in [0.1, 0.15) is 16.5 Å². The molecule has 3 aromatic rings. The quantitative estimate of drug-likeness (QED) is 0.510. The lowest BCUT2D eigenvalue weighted by molar-refractivity contribution is 0.619. The molecule has 102 valence electrons. The number of halogens is 1. The summed E-state index contributed by atoms with van der Waals surface area (Å²) in [4.78, 5) is 9.32. The molecule has 3 rings (SSSR count). The molecule has 0 aliphatic heterocycles. The predicted octanol–water partition coefficient (Wildman–Crippen LogP) is 3.17. The zero-order valence-corrected chi connectivity index (χ0v) is 11.5. The minimum absolute atomic E-state index is 0.261. The molecular formula is C13H12FN5S. The van der Waals surface area contributed by atoms with Gasteiger partial charge in [0.15, 0.2) is 0 Å². The number of rotatable bonds is 3. The minimum atomic E-state index is -0.261. The average molecular weight is 289 g/mol. The molecule has 0 aliphatic carbocycles. The summed E-state index contributed by atoms with van der Waals surface area (Å²) in [6.07, 6.45) is 0. The highest BCUT2D eigenvalue weighted by atomic mass is 32.1. The molecule has 0 spiro atoms. The molecule has 0 aliphatic rings. The SMILES string of the molecule is Cc1ccc(Nc2nc(NN)nc3sccc23)cc1F. The van der Waals surface area contributed by atoms with Crippen molar-refractivity contribution in [3.05, 3.63) is 41.0 Å². The Balaban J connectivity index is 2.04. The first-order chi connectivity index (χ1) is 9.67. The first-order valence-electron chi connectivity index (χ1n) is 5.92. The van der Waals surface area contributed by atoms with Gasteiger partial charge in [-0.15, -0.1) is 11.3 Å². The topological polar surface area (TPSA) is 75.9 Å². The number of nitrogens with zero attached hydrogens (tertiary/aromatic N) is 2. The van der Waals surface area contributed by atoms with E-state index in [2.05, 4.69) is 20.7 Å². The molecule has 0 amide bonds. The molecule has 0 fully saturated rings. The predicted molar refractivity (Wildman–Crippen MR) is 79.6 cm³/mol. The normalized spacial score (nSPS) is 10.8. The van der Waals surface area contributed by atoms with Crippen LogP contribution in [0.5, 0.6) is 0 Å². The number of nitrogens with two attached hydrogens (primary N) is 1. The second kappa shape index (κ2) is 5.03. The van der Waals surface area contributed by atoms with Gasteiger partial charge in [-0.3, -0.25) is 5.43 Å². The molecule has 5 nitrogen and oxygen atoms in total. The number of hydrogen-bond acceptors (Lipinski definition) is 6. The lowest BCUT2D eigenvalue weighted by atomic mass is 10.2. The van der Waals surface area contributed by atoms with E-state index in [0.29, 0.717) is 23.0 Å². The second-order valence-corrected chi connectivity index (χ2v) is 5.16. The van der Waals surface area contributed by atoms with Crippen LogP contribution in [0.4, 0.5) is 21.8 Å². The van der Waals surface area contributed by atoms with E-state index in [4.69, 9.17) is 5.84 Å². The van der Waals surface area contributed by atoms with E-state index in [1.807, 2.05) is 11.4 Å². The van der Waals surface area contributed by atoms with Crippen LogP contribution in [0.1, 0.15) is 5.56 Å². The number of benzene rings is 1. The Morgan fingerprint density at radius 2 is 2.10 bits per heavy atom. The van der Waals surface area contributed by atoms with Crippen molar-refractivity contribution in [3.8, 4) is 0 Å². The lowest BCUT2D eigenvalue weighted by Gasteiger charge is -2.09. The lowest BCUT2D eigenvalue weighted by Crippen LogP contribution is -2.11. The number of nitrogens with one attached hydrogen (secondary N) is 2. The van der Waals surface area contributed by atoms with Crippen molar-refractivity contribution < 1.29 is 4.39 Å². The summed E-state index contributed by atoms with van der Waals surface area (Å²) >= 11 is 1.49. The summed E-state index contributed by atoms with van der Waals surface area (Å²) in [7, 11) is 0. The van der Waals surface area contributed by atoms with Crippen molar-refractivity contribution in [2.24, 2.45) is 5.84 Å². The van der Waals surface area contributed by atoms with Crippen LogP contribution >= 0.6 is 11.3 Å². The van der Waals surface area contributed by atoms with Gasteiger partial charge < -0.3 is 5.32 Å². The van der Waals surface area contributed by atoms with Crippen molar-refractivity contribution in [1.29, 1.82) is 0 Å². The van der Waals surface area contributed by atoms with E-state index in [9.17, 15) is 4.39 Å². The molecule has 0 saturated heterocycles. The average Bonchev–Trinajstić information content (AvgIpc) is 2.91. The summed E-state index contributed by atoms with van der Waals surface area (Å²) in [5.74, 6) is 6.00. The Bertz CT molecular complexity index is 771. The summed E-state index contributed by atoms with van der Waals surface area (Å²) in [6, 6.07) is 6.86. The maximum atomic E-state index is 13.6. The highest BCUT2D eigenvalue weighted by Gasteiger charge is 2.09. The molecular weight excluding hydrogens is 277 g/mol. The van der Waals surface area contributed by atoms with E-state index in [1.54, 1.807) is 19.1 Å². The Hall–Kier alpha value is -2.25. The Morgan fingerprint density at radius 1 is 1.25 bits per heavy atom. The second-order valence-electron chi connectivity index (χ2n) is 4.27. The number of nitrogen functional groups attached to an aromatic ring is 1. The van der Waals surface area contributed by atoms with Crippen molar-refractivity contribution in [3.63, 3.8) is 0 Å². The third kappa shape index (κ3) is 2.28. The number of aromatic nitrogens is 2. The summed E-state index contributed by atoms with van der Waals surface area (Å²) < 4.78 is 13.6. The molecule has 4 N–H and O–H groups in total. The van der Waals surface area contributed by atoms with Gasteiger partial charge in [0.2, 0.25) is 5.95 Å². The highest BCUT2D eigenvalue weighted by molar-refractivity contribution is 7.16. The maximum Gasteiger partial charge on any atom is 0.240 e. The van der Waals surface area contributed by atoms with E-state index in [0.717, 1.165) is 10.2 Å². The number of fused-ring (bicyclic) bond motifs is 1. The minimum Gasteiger partial charge on any atom is -0.339 e. The Labute approximate surface area is 118 Å². The van der Waals surface area contributed by atoms with Crippen LogP contribution in [0.2, 0.25) is 0 Å². The Morgan fingerprint density at radius 3 is 2.85 bits per heavy atom. The standard InChI is InChI=1S/C13H12FN5S/c1-7-2-3-8(6-10(7)14)16-11-9-4-5-20-12(9)18-13(17-11)19-15/h2-6H,15H2,1H3,(H2,16,17,18,19). The van der Waals surface area contributed by atoms with Crippen LogP contribution in [0.15, 0.2) is 29.6 Å². The first-order valence-corrected chi connectivity index (χ1v) is 6.80. The fourth-order valence-electron chi connectivity index (χ4n) is 1.82. The van der Waals surface area contributed by atoms with E-state index in [1.165, 1.54) is 17.4 Å². The number of thiophene rings is 1. The van der Waals surface area contributed by atoms with Crippen LogP contribution in [0.3, 0.4) is 0 Å². The molecule has 0 unspecified atom stereocenters. The van der Waals surface area contributed by atoms with Crippen LogP contribution in [0.25, 0.3) is 10.2 Å². The molecule has 7 heteroatoms. The van der Waals surface area contributed by atoms with Crippen molar-refractivity contribution >= 4 is 39.0 Å². The van der Waals surface area contributed by atoms with Crippen LogP contribution < -0.4 is 16.6 Å². The molecule has 1 aromatic carbocycles. The molecule has 0 bridgehead atoms. The van der Waals surface area contributed by atoms with Gasteiger partial charge in [-0.05, 0) is 36.1 Å². The fraction of sp³-hybridized carbons (Fsp3) is 0.0769. The van der Waals surface area contributed by atoms with Crippen molar-refractivity contribution in [2.45, 2.75) is 6.92 Å². The first kappa shape index (κ1) is 12.8. The van der Waals surface area contributed by atoms with Gasteiger partial charge in [0.25, 0.3) is 0 Å². The third-order valence-corrected chi connectivity index (χ3v) is 3.70. The summed E-state index contributed by atoms with van der Waals surface area (Å²) in [6.45, 7) is 1.72. The van der Waals surface area contributed by atoms with Gasteiger partial charge in [0.05, 0.1) is 5.39 Å². The zero-order valence-electron chi connectivity index (χ0n) is 10.6. The van der Waals surface area contributed by atoms with E-state index >= 15 is 0 Å². The smallest absolute Gasteiger partial charge is 0.240 e. The molecule has 2 heterocycles. The van der Waals surface area contributed by atoms with Gasteiger partial charge in [0, 0.05) is 5.69 Å². The third-order valence-electron chi connectivity index (χ3n) is 2.89. The number of hydrazine groups is 1. The zero-order chi connectivity index (χ0) is 14.1. The van der Waals surface area contributed by atoms with Gasteiger partial charge in [-0.2, -0.15) is 4.98 Å². The monoisotopic (exact) mass is 289 g/mol. The maximum absolute atomic E-state index is 13.6. The van der Waals surface area contributed by atoms with Crippen molar-refractivity contribution in [2.75, 3.05) is 10.7 Å². The molecule has 0 atom stereocenters. The number of anilines is 3. The van der Waals surface area contributed by atoms with Crippen LogP contribution in [0, 0.1) is 12.7 Å². The van der Waals surface area contributed by atoms with Gasteiger partial charge in [-0.1, -0.05) is 6.07 Å². The molecule has 2 aromatic heterocycles. The van der Waals surface area contributed by atoms with Crippen LogP contribution in [-0.2, 0) is 0 Å². The van der Waals surface area contributed by atoms with Gasteiger partial charge in [-0.25, -0.2) is 15.2 Å². The summed E-state index contributed by atoms with van der Waals surface area (Å²) in [5, 5.41) is 5.88. The number of hydrogen-bond donors (Lipinski definition) is 3. The summed E-state index contributed by atoms with van der Waals surface area (Å²) in [5.41, 5.74) is 3.65.